The zero-order valence-corrected chi connectivity index (χ0v) is 14.1. The highest BCUT2D eigenvalue weighted by atomic mass is 35.5. The maximum Gasteiger partial charge on any atom is 0.238 e. The summed E-state index contributed by atoms with van der Waals surface area (Å²) in [7, 11) is 0. The Morgan fingerprint density at radius 3 is 2.88 bits per heavy atom. The molecule has 0 bridgehead atoms. The number of benzene rings is 2. The van der Waals surface area contributed by atoms with Crippen LogP contribution in [0.5, 0.6) is 0 Å². The van der Waals surface area contributed by atoms with Gasteiger partial charge in [0.2, 0.25) is 5.91 Å². The third-order valence-electron chi connectivity index (χ3n) is 3.29. The van der Waals surface area contributed by atoms with Crippen LogP contribution in [-0.2, 0) is 4.79 Å². The van der Waals surface area contributed by atoms with Crippen molar-refractivity contribution in [2.45, 2.75) is 6.42 Å². The fourth-order valence-electron chi connectivity index (χ4n) is 2.20. The van der Waals surface area contributed by atoms with Gasteiger partial charge in [0.05, 0.1) is 16.8 Å². The van der Waals surface area contributed by atoms with E-state index in [1.165, 1.54) is 11.3 Å². The minimum atomic E-state index is -0.329. The molecule has 24 heavy (non-hydrogen) atoms. The Bertz CT molecular complexity index is 930. The Morgan fingerprint density at radius 1 is 1.25 bits per heavy atom. The summed E-state index contributed by atoms with van der Waals surface area (Å²) >= 11 is 7.73. The van der Waals surface area contributed by atoms with Crippen molar-refractivity contribution in [2.24, 2.45) is 0 Å². The molecule has 1 aromatic heterocycles. The van der Waals surface area contributed by atoms with Gasteiger partial charge in [-0.15, -0.1) is 11.3 Å². The second-order valence-electron chi connectivity index (χ2n) is 4.98. The molecular weight excluding hydrogens is 342 g/mol. The van der Waals surface area contributed by atoms with Crippen LogP contribution in [0.4, 0.5) is 5.69 Å². The average molecular weight is 354 g/mol. The van der Waals surface area contributed by atoms with Gasteiger partial charge in [-0.25, -0.2) is 4.98 Å². The number of anilines is 1. The number of thiazole rings is 1. The molecule has 1 N–H and O–H groups in total. The van der Waals surface area contributed by atoms with Crippen molar-refractivity contribution in [3.05, 3.63) is 58.9 Å². The summed E-state index contributed by atoms with van der Waals surface area (Å²) in [5, 5.41) is 14.7. The highest BCUT2D eigenvalue weighted by molar-refractivity contribution is 7.13. The molecule has 0 fully saturated rings. The van der Waals surface area contributed by atoms with Gasteiger partial charge in [0.25, 0.3) is 0 Å². The molecule has 4 nitrogen and oxygen atoms in total. The lowest BCUT2D eigenvalue weighted by Gasteiger charge is -2.04. The molecule has 3 aromatic rings. The molecule has 0 radical (unpaired) electrons. The minimum Gasteiger partial charge on any atom is -0.325 e. The number of halogens is 1. The van der Waals surface area contributed by atoms with E-state index < -0.39 is 0 Å². The quantitative estimate of drug-likeness (QED) is 0.719. The third kappa shape index (κ3) is 3.62. The van der Waals surface area contributed by atoms with Gasteiger partial charge in [0, 0.05) is 22.2 Å². The predicted octanol–water partition coefficient (Wildman–Crippen LogP) is 4.98. The topological polar surface area (TPSA) is 65.8 Å². The minimum absolute atomic E-state index is 0.169. The Kier molecular flexibility index (Phi) is 4.90. The number of carbonyl (C=O) groups is 1. The van der Waals surface area contributed by atoms with Gasteiger partial charge in [0.15, 0.2) is 0 Å². The van der Waals surface area contributed by atoms with Crippen LogP contribution in [0.1, 0.15) is 6.42 Å². The average Bonchev–Trinajstić information content (AvgIpc) is 3.05. The molecule has 2 aromatic carbocycles. The number of amides is 1. The maximum atomic E-state index is 11.5. The van der Waals surface area contributed by atoms with E-state index in [2.05, 4.69) is 10.3 Å². The number of nitrogens with one attached hydrogen (secondary N) is 1. The Balaban J connectivity index is 1.87. The van der Waals surface area contributed by atoms with Gasteiger partial charge in [-0.05, 0) is 18.2 Å². The van der Waals surface area contributed by atoms with E-state index in [0.29, 0.717) is 10.7 Å². The summed E-state index contributed by atoms with van der Waals surface area (Å²) in [6, 6.07) is 16.8. The fourth-order valence-corrected chi connectivity index (χ4v) is 3.35. The van der Waals surface area contributed by atoms with Gasteiger partial charge < -0.3 is 5.32 Å². The largest absolute Gasteiger partial charge is 0.325 e. The van der Waals surface area contributed by atoms with Crippen LogP contribution in [0.2, 0.25) is 5.02 Å². The first-order valence-corrected chi connectivity index (χ1v) is 8.41. The van der Waals surface area contributed by atoms with Gasteiger partial charge in [-0.1, -0.05) is 41.9 Å². The summed E-state index contributed by atoms with van der Waals surface area (Å²) in [4.78, 5) is 16.2. The molecule has 0 aliphatic heterocycles. The lowest BCUT2D eigenvalue weighted by molar-refractivity contribution is -0.115. The van der Waals surface area contributed by atoms with Crippen LogP contribution in [-0.4, -0.2) is 10.9 Å². The van der Waals surface area contributed by atoms with Crippen molar-refractivity contribution in [1.29, 1.82) is 5.26 Å². The van der Waals surface area contributed by atoms with Crippen molar-refractivity contribution < 1.29 is 4.79 Å². The number of hydrogen-bond acceptors (Lipinski definition) is 4. The monoisotopic (exact) mass is 353 g/mol. The summed E-state index contributed by atoms with van der Waals surface area (Å²) in [6.45, 7) is 0. The van der Waals surface area contributed by atoms with Crippen LogP contribution in [0.3, 0.4) is 0 Å². The van der Waals surface area contributed by atoms with Crippen molar-refractivity contribution >= 4 is 34.5 Å². The zero-order chi connectivity index (χ0) is 16.9. The van der Waals surface area contributed by atoms with Crippen molar-refractivity contribution in [3.8, 4) is 27.9 Å². The molecule has 1 heterocycles. The standard InChI is InChI=1S/C18H12ClN3OS/c19-15-7-2-1-6-14(15)18-22-16(11-24-18)12-4-3-5-13(10-12)21-17(23)8-9-20/h1-7,10-11H,8H2,(H,21,23). The van der Waals surface area contributed by atoms with Crippen molar-refractivity contribution in [3.63, 3.8) is 0 Å². The van der Waals surface area contributed by atoms with E-state index in [4.69, 9.17) is 16.9 Å². The Morgan fingerprint density at radius 2 is 2.08 bits per heavy atom. The first kappa shape index (κ1) is 16.2. The smallest absolute Gasteiger partial charge is 0.238 e. The Labute approximate surface area is 148 Å². The maximum absolute atomic E-state index is 11.5. The molecule has 0 atom stereocenters. The molecular formula is C18H12ClN3OS. The molecule has 3 rings (SSSR count). The lowest BCUT2D eigenvalue weighted by atomic mass is 10.1. The van der Waals surface area contributed by atoms with Crippen LogP contribution in [0.15, 0.2) is 53.9 Å². The number of nitriles is 1. The molecule has 0 spiro atoms. The number of aromatic nitrogens is 1. The first-order valence-electron chi connectivity index (χ1n) is 7.15. The molecule has 0 saturated heterocycles. The van der Waals surface area contributed by atoms with Crippen LogP contribution in [0.25, 0.3) is 21.8 Å². The van der Waals surface area contributed by atoms with Crippen LogP contribution in [0, 0.1) is 11.3 Å². The van der Waals surface area contributed by atoms with Gasteiger partial charge in [0.1, 0.15) is 11.4 Å². The molecule has 0 aliphatic carbocycles. The lowest BCUT2D eigenvalue weighted by Crippen LogP contribution is -2.09. The summed E-state index contributed by atoms with van der Waals surface area (Å²) in [5.41, 5.74) is 3.24. The predicted molar refractivity (Wildman–Crippen MR) is 96.9 cm³/mol. The molecule has 0 unspecified atom stereocenters. The molecule has 6 heteroatoms. The van der Waals surface area contributed by atoms with Crippen LogP contribution < -0.4 is 5.32 Å². The second kappa shape index (κ2) is 7.26. The highest BCUT2D eigenvalue weighted by Gasteiger charge is 2.10. The SMILES string of the molecule is N#CCC(=O)Nc1cccc(-c2csc(-c3ccccc3Cl)n2)c1. The van der Waals surface area contributed by atoms with Crippen molar-refractivity contribution in [1.82, 2.24) is 4.98 Å². The van der Waals surface area contributed by atoms with Gasteiger partial charge in [-0.3, -0.25) is 4.79 Å². The number of carbonyl (C=O) groups excluding carboxylic acids is 1. The molecule has 0 saturated carbocycles. The molecule has 1 amide bonds. The van der Waals surface area contributed by atoms with Crippen LogP contribution >= 0.6 is 22.9 Å². The summed E-state index contributed by atoms with van der Waals surface area (Å²) in [6.07, 6.45) is -0.169. The second-order valence-corrected chi connectivity index (χ2v) is 6.25. The number of nitrogens with zero attached hydrogens (tertiary/aromatic N) is 2. The normalized spacial score (nSPS) is 10.2. The van der Waals surface area contributed by atoms with Gasteiger partial charge >= 0.3 is 0 Å². The van der Waals surface area contributed by atoms with E-state index in [-0.39, 0.29) is 12.3 Å². The molecule has 118 valence electrons. The fraction of sp³-hybridized carbons (Fsp3) is 0.0556. The van der Waals surface area contributed by atoms with E-state index in [9.17, 15) is 4.79 Å². The van der Waals surface area contributed by atoms with Crippen molar-refractivity contribution in [2.75, 3.05) is 5.32 Å². The van der Waals surface area contributed by atoms with E-state index >= 15 is 0 Å². The number of hydrogen-bond donors (Lipinski definition) is 1. The summed E-state index contributed by atoms with van der Waals surface area (Å²) in [5.74, 6) is -0.329. The summed E-state index contributed by atoms with van der Waals surface area (Å²) < 4.78 is 0. The highest BCUT2D eigenvalue weighted by Crippen LogP contribution is 2.33. The third-order valence-corrected chi connectivity index (χ3v) is 4.50. The first-order chi connectivity index (χ1) is 11.7. The number of rotatable bonds is 4. The molecule has 0 aliphatic rings. The Hall–Kier alpha value is -2.68. The van der Waals surface area contributed by atoms with E-state index in [1.807, 2.05) is 53.9 Å². The zero-order valence-electron chi connectivity index (χ0n) is 12.5. The van der Waals surface area contributed by atoms with E-state index in [0.717, 1.165) is 21.8 Å². The van der Waals surface area contributed by atoms with Gasteiger partial charge in [-0.2, -0.15) is 5.26 Å². The van der Waals surface area contributed by atoms with E-state index in [1.54, 1.807) is 6.07 Å².